The Labute approximate surface area is 345 Å². The molecule has 1 atom stereocenters. The van der Waals surface area contributed by atoms with Crippen molar-refractivity contribution in [2.24, 2.45) is 27.8 Å². The van der Waals surface area contributed by atoms with Crippen molar-refractivity contribution in [1.82, 2.24) is 20.4 Å². The van der Waals surface area contributed by atoms with Crippen LogP contribution in [0.4, 0.5) is 16.2 Å². The highest BCUT2D eigenvalue weighted by atomic mass is 16.5. The number of carbonyl (C=O) groups is 4. The quantitative estimate of drug-likeness (QED) is 0.160. The summed E-state index contributed by atoms with van der Waals surface area (Å²) in [7, 11) is 0. The molecule has 7 N–H and O–H groups in total. The van der Waals surface area contributed by atoms with Crippen molar-refractivity contribution in [3.63, 3.8) is 0 Å². The maximum absolute atomic E-state index is 13.3. The molecule has 5 amide bonds. The average Bonchev–Trinajstić information content (AvgIpc) is 3.24. The van der Waals surface area contributed by atoms with E-state index >= 15 is 0 Å². The highest BCUT2D eigenvalue weighted by Crippen LogP contribution is 2.44. The lowest BCUT2D eigenvalue weighted by Crippen LogP contribution is -2.58. The fourth-order valence-electron chi connectivity index (χ4n) is 9.46. The number of hydrogen-bond donors (Lipinski definition) is 5. The van der Waals surface area contributed by atoms with Crippen LogP contribution in [0, 0.1) is 11.3 Å². The number of anilines is 2. The Hall–Kier alpha value is -5.89. The van der Waals surface area contributed by atoms with Gasteiger partial charge in [0.25, 0.3) is 5.91 Å². The predicted octanol–water partition coefficient (Wildman–Crippen LogP) is 4.83. The lowest BCUT2D eigenvalue weighted by Gasteiger charge is -2.54. The molecule has 1 aliphatic carbocycles. The number of benzene rings is 3. The molecule has 4 heterocycles. The van der Waals surface area contributed by atoms with Gasteiger partial charge in [0.2, 0.25) is 11.8 Å². The Morgan fingerprint density at radius 2 is 1.54 bits per heavy atom. The van der Waals surface area contributed by atoms with Crippen molar-refractivity contribution in [3.05, 3.63) is 90.0 Å². The van der Waals surface area contributed by atoms with Gasteiger partial charge in [0.1, 0.15) is 22.9 Å². The van der Waals surface area contributed by atoms with Crippen molar-refractivity contribution < 1.29 is 23.9 Å². The monoisotopic (exact) mass is 801 g/mol. The second-order valence-electron chi connectivity index (χ2n) is 16.8. The maximum Gasteiger partial charge on any atom is 0.328 e. The number of amides is 5. The van der Waals surface area contributed by atoms with E-state index in [1.807, 2.05) is 83.8 Å². The van der Waals surface area contributed by atoms with Gasteiger partial charge in [0.15, 0.2) is 0 Å². The Kier molecular flexibility index (Phi) is 11.9. The largest absolute Gasteiger partial charge is 0.457 e. The zero-order valence-corrected chi connectivity index (χ0v) is 33.5. The molecular weight excluding hydrogens is 747 g/mol. The lowest BCUT2D eigenvalue weighted by molar-refractivity contribution is -0.134. The minimum Gasteiger partial charge on any atom is -0.457 e. The molecule has 4 aliphatic heterocycles. The number of amidine groups is 1. The van der Waals surface area contributed by atoms with Gasteiger partial charge in [0.05, 0.1) is 5.70 Å². The van der Waals surface area contributed by atoms with Gasteiger partial charge in [-0.2, -0.15) is 0 Å². The van der Waals surface area contributed by atoms with Crippen LogP contribution < -0.4 is 37.1 Å². The number of urea groups is 1. The molecule has 0 aromatic heterocycles. The molecule has 8 rings (SSSR count). The van der Waals surface area contributed by atoms with Crippen molar-refractivity contribution in [1.29, 1.82) is 0 Å². The SMILES string of the molecule is NC(=O)/C(C1=NCC[C@@H](C2CCN(C(=O)CCN3CC4(CCC(Nc5ccc(N6CCC(=O)NC6=O)cc5)CC4)C3)CC2)N1)=C(/N)c1ccc(Oc2ccccc2)cc1. The van der Waals surface area contributed by atoms with Crippen LogP contribution in [0.3, 0.4) is 0 Å². The number of likely N-dealkylation sites (tertiary alicyclic amines) is 2. The van der Waals surface area contributed by atoms with Crippen LogP contribution in [0.2, 0.25) is 0 Å². The van der Waals surface area contributed by atoms with E-state index in [-0.39, 0.29) is 35.2 Å². The number of carbonyl (C=O) groups excluding carboxylic acids is 4. The van der Waals surface area contributed by atoms with Gasteiger partial charge in [-0.25, -0.2) is 4.79 Å². The summed E-state index contributed by atoms with van der Waals surface area (Å²) in [5, 5.41) is 9.56. The Bertz CT molecular complexity index is 2060. The van der Waals surface area contributed by atoms with Gasteiger partial charge in [-0.15, -0.1) is 0 Å². The first kappa shape index (κ1) is 39.9. The fraction of sp³-hybridized carbons (Fsp3) is 0.444. The molecule has 0 radical (unpaired) electrons. The van der Waals surface area contributed by atoms with Crippen LogP contribution in [-0.2, 0) is 14.4 Å². The van der Waals surface area contributed by atoms with Crippen LogP contribution in [-0.4, -0.2) is 97.3 Å². The number of rotatable bonds is 12. The number of nitrogens with zero attached hydrogens (tertiary/aromatic N) is 4. The normalized spacial score (nSPS) is 21.8. The molecule has 14 heteroatoms. The van der Waals surface area contributed by atoms with E-state index in [2.05, 4.69) is 25.8 Å². The van der Waals surface area contributed by atoms with E-state index in [9.17, 15) is 19.2 Å². The molecule has 3 aromatic rings. The first-order valence-electron chi connectivity index (χ1n) is 21.0. The third kappa shape index (κ3) is 9.38. The summed E-state index contributed by atoms with van der Waals surface area (Å²) >= 11 is 0. The first-order valence-corrected chi connectivity index (χ1v) is 21.0. The molecule has 4 fully saturated rings. The molecule has 1 saturated carbocycles. The molecule has 3 saturated heterocycles. The second kappa shape index (κ2) is 17.5. The highest BCUT2D eigenvalue weighted by molar-refractivity contribution is 6.25. The highest BCUT2D eigenvalue weighted by Gasteiger charge is 2.45. The second-order valence-corrected chi connectivity index (χ2v) is 16.8. The molecule has 1 spiro atoms. The van der Waals surface area contributed by atoms with Gasteiger partial charge >= 0.3 is 6.03 Å². The van der Waals surface area contributed by atoms with Crippen molar-refractivity contribution in [2.75, 3.05) is 56.0 Å². The van der Waals surface area contributed by atoms with Crippen LogP contribution >= 0.6 is 0 Å². The third-order valence-corrected chi connectivity index (χ3v) is 12.8. The zero-order valence-electron chi connectivity index (χ0n) is 33.5. The number of ether oxygens (including phenoxy) is 1. The molecular formula is C45H55N9O5. The molecule has 59 heavy (non-hydrogen) atoms. The Morgan fingerprint density at radius 3 is 2.22 bits per heavy atom. The third-order valence-electron chi connectivity index (χ3n) is 12.8. The molecule has 3 aromatic carbocycles. The maximum atomic E-state index is 13.3. The van der Waals surface area contributed by atoms with Gasteiger partial charge in [-0.3, -0.25) is 29.6 Å². The Balaban J connectivity index is 0.747. The summed E-state index contributed by atoms with van der Waals surface area (Å²) in [5.41, 5.74) is 15.7. The van der Waals surface area contributed by atoms with Crippen LogP contribution in [0.5, 0.6) is 11.5 Å². The Morgan fingerprint density at radius 1 is 0.847 bits per heavy atom. The topological polar surface area (TPSA) is 188 Å². The minimum atomic E-state index is -0.635. The van der Waals surface area contributed by atoms with Crippen molar-refractivity contribution in [3.8, 4) is 11.5 Å². The van der Waals surface area contributed by atoms with Gasteiger partial charge in [-0.05, 0) is 123 Å². The fourth-order valence-corrected chi connectivity index (χ4v) is 9.46. The van der Waals surface area contributed by atoms with Gasteiger partial charge < -0.3 is 36.6 Å². The van der Waals surface area contributed by atoms with E-state index in [4.69, 9.17) is 16.2 Å². The number of nitrogens with two attached hydrogens (primary N) is 2. The van der Waals surface area contributed by atoms with E-state index in [0.717, 1.165) is 82.0 Å². The number of primary amides is 1. The number of nitrogens with one attached hydrogen (secondary N) is 3. The minimum absolute atomic E-state index is 0.106. The number of piperidine rings is 1. The molecule has 0 bridgehead atoms. The number of hydrogen-bond acceptors (Lipinski definition) is 10. The molecule has 310 valence electrons. The summed E-state index contributed by atoms with van der Waals surface area (Å²) in [6.45, 7) is 5.32. The first-order chi connectivity index (χ1) is 28.6. The predicted molar refractivity (Wildman–Crippen MR) is 228 cm³/mol. The number of aliphatic imine (C=N–C) groups is 1. The van der Waals surface area contributed by atoms with Crippen molar-refractivity contribution in [2.45, 2.75) is 69.9 Å². The van der Waals surface area contributed by atoms with Crippen molar-refractivity contribution >= 4 is 46.7 Å². The van der Waals surface area contributed by atoms with E-state index in [0.29, 0.717) is 60.5 Å². The van der Waals surface area contributed by atoms with Crippen LogP contribution in [0.25, 0.3) is 5.70 Å². The molecule has 0 unspecified atom stereocenters. The summed E-state index contributed by atoms with van der Waals surface area (Å²) in [5.74, 6) is 1.50. The molecule has 14 nitrogen and oxygen atoms in total. The average molecular weight is 802 g/mol. The molecule has 5 aliphatic rings. The number of imide groups is 1. The van der Waals surface area contributed by atoms with E-state index < -0.39 is 5.91 Å². The standard InChI is InChI=1S/C45H55N9O5/c46-41(31-6-12-36(13-7-31)59-35-4-2-1-3-5-35)40(42(47)57)43-48-23-16-37(50-43)30-17-25-53(26-18-30)39(56)20-24-52-28-45(29-52)21-14-33(15-22-45)49-32-8-10-34(11-9-32)54-27-19-38(55)51-44(54)58/h1-13,30,33,37,49H,14-29,46H2,(H2,47,57)(H,48,50)(H,51,55,58)/b41-40-/t37-/m0/s1. The van der Waals surface area contributed by atoms with Crippen LogP contribution in [0.15, 0.2) is 89.4 Å². The summed E-state index contributed by atoms with van der Waals surface area (Å²) in [6.07, 6.45) is 8.01. The smallest absolute Gasteiger partial charge is 0.328 e. The van der Waals surface area contributed by atoms with Gasteiger partial charge in [-0.1, -0.05) is 18.2 Å². The van der Waals surface area contributed by atoms with E-state index in [1.54, 1.807) is 4.90 Å². The van der Waals surface area contributed by atoms with Gasteiger partial charge in [0, 0.05) is 82.1 Å². The van der Waals surface area contributed by atoms with Crippen LogP contribution in [0.1, 0.15) is 63.4 Å². The summed E-state index contributed by atoms with van der Waals surface area (Å²) in [6, 6.07) is 24.8. The number of para-hydroxylation sites is 1. The lowest BCUT2D eigenvalue weighted by atomic mass is 9.67. The van der Waals surface area contributed by atoms with E-state index in [1.165, 1.54) is 12.8 Å². The zero-order chi connectivity index (χ0) is 40.9. The summed E-state index contributed by atoms with van der Waals surface area (Å²) in [4.78, 5) is 60.5. The summed E-state index contributed by atoms with van der Waals surface area (Å²) < 4.78 is 5.90.